The highest BCUT2D eigenvalue weighted by atomic mass is 32.2. The Morgan fingerprint density at radius 3 is 2.41 bits per heavy atom. The lowest BCUT2D eigenvalue weighted by molar-refractivity contribution is -0.123. The lowest BCUT2D eigenvalue weighted by atomic mass is 9.88. The zero-order chi connectivity index (χ0) is 15.7. The number of rotatable bonds is 4. The number of thioether (sulfide) groups is 1. The Bertz CT molecular complexity index is 685. The van der Waals surface area contributed by atoms with Crippen LogP contribution in [0, 0.1) is 5.92 Å². The second-order valence-electron chi connectivity index (χ2n) is 5.73. The van der Waals surface area contributed by atoms with E-state index in [1.165, 1.54) is 16.1 Å². The number of hydrogen-bond acceptors (Lipinski definition) is 3. The van der Waals surface area contributed by atoms with Crippen molar-refractivity contribution in [2.75, 3.05) is 11.9 Å². The molecule has 2 atom stereocenters. The van der Waals surface area contributed by atoms with Gasteiger partial charge < -0.3 is 4.90 Å². The molecule has 2 aromatic carbocycles. The number of para-hydroxylation sites is 1. The quantitative estimate of drug-likeness (QED) is 0.816. The Balaban J connectivity index is 2.17. The molecule has 1 aliphatic rings. The Morgan fingerprint density at radius 2 is 1.77 bits per heavy atom. The van der Waals surface area contributed by atoms with Crippen LogP contribution in [-0.2, 0) is 9.67 Å². The maximum atomic E-state index is 12.5. The first-order chi connectivity index (χ1) is 10.6. The predicted molar refractivity (Wildman–Crippen MR) is 93.3 cm³/mol. The van der Waals surface area contributed by atoms with Crippen molar-refractivity contribution in [3.05, 3.63) is 60.2 Å². The van der Waals surface area contributed by atoms with E-state index < -0.39 is 0 Å². The number of hydrogen-bond donors (Lipinski definition) is 0. The summed E-state index contributed by atoms with van der Waals surface area (Å²) >= 11 is 1.80. The van der Waals surface area contributed by atoms with Crippen molar-refractivity contribution in [1.29, 1.82) is 0 Å². The molecule has 22 heavy (non-hydrogen) atoms. The molecule has 0 aromatic heterocycles. The maximum Gasteiger partial charge on any atom is 0.139 e. The van der Waals surface area contributed by atoms with Crippen molar-refractivity contribution in [2.24, 2.45) is 5.92 Å². The molecule has 2 nitrogen and oxygen atoms in total. The molecule has 1 heterocycles. The SMILES string of the molecule is CCC(=O)C(C)C1(c2ccccc2)Sc2ccccc2N1C. The molecule has 3 rings (SSSR count). The predicted octanol–water partition coefficient (Wildman–Crippen LogP) is 4.70. The van der Waals surface area contributed by atoms with E-state index >= 15 is 0 Å². The fraction of sp³-hybridized carbons (Fsp3) is 0.316. The average Bonchev–Trinajstić information content (AvgIpc) is 2.88. The van der Waals surface area contributed by atoms with Gasteiger partial charge in [-0.2, -0.15) is 0 Å². The summed E-state index contributed by atoms with van der Waals surface area (Å²) in [5, 5.41) is 0. The van der Waals surface area contributed by atoms with Gasteiger partial charge in [0.25, 0.3) is 0 Å². The molecule has 114 valence electrons. The molecule has 0 amide bonds. The fourth-order valence-electron chi connectivity index (χ4n) is 3.32. The van der Waals surface area contributed by atoms with Gasteiger partial charge in [-0.3, -0.25) is 4.79 Å². The minimum atomic E-state index is -0.363. The van der Waals surface area contributed by atoms with Crippen LogP contribution >= 0.6 is 11.8 Å². The number of ketones is 1. The lowest BCUT2D eigenvalue weighted by Crippen LogP contribution is -2.46. The summed E-state index contributed by atoms with van der Waals surface area (Å²) in [7, 11) is 2.10. The molecule has 0 radical (unpaired) electrons. The molecule has 3 heteroatoms. The van der Waals surface area contributed by atoms with Gasteiger partial charge in [0, 0.05) is 18.4 Å². The highest BCUT2D eigenvalue weighted by Gasteiger charge is 2.50. The van der Waals surface area contributed by atoms with Crippen LogP contribution in [0.4, 0.5) is 5.69 Å². The summed E-state index contributed by atoms with van der Waals surface area (Å²) in [4.78, 5) is 15.7. The molecule has 0 spiro atoms. The van der Waals surface area contributed by atoms with E-state index in [4.69, 9.17) is 0 Å². The van der Waals surface area contributed by atoms with Gasteiger partial charge in [0.2, 0.25) is 0 Å². The van der Waals surface area contributed by atoms with Gasteiger partial charge >= 0.3 is 0 Å². The molecule has 2 unspecified atom stereocenters. The smallest absolute Gasteiger partial charge is 0.139 e. The highest BCUT2D eigenvalue weighted by molar-refractivity contribution is 8.01. The van der Waals surface area contributed by atoms with E-state index in [2.05, 4.69) is 67.4 Å². The molecule has 1 aliphatic heterocycles. The van der Waals surface area contributed by atoms with Crippen LogP contribution in [0.15, 0.2) is 59.5 Å². The molecule has 0 fully saturated rings. The molecular weight excluding hydrogens is 290 g/mol. The third-order valence-corrected chi connectivity index (χ3v) is 6.34. The van der Waals surface area contributed by atoms with E-state index in [1.807, 2.05) is 13.0 Å². The monoisotopic (exact) mass is 311 g/mol. The van der Waals surface area contributed by atoms with Crippen LogP contribution in [0.5, 0.6) is 0 Å². The second-order valence-corrected chi connectivity index (χ2v) is 7.00. The third-order valence-electron chi connectivity index (χ3n) is 4.60. The standard InChI is InChI=1S/C19H21NOS/c1-4-17(21)14(2)19(15-10-6-5-7-11-15)20(3)16-12-8-9-13-18(16)22-19/h5-14H,4H2,1-3H3. The first-order valence-electron chi connectivity index (χ1n) is 7.71. The first kappa shape index (κ1) is 15.2. The van der Waals surface area contributed by atoms with Crippen molar-refractivity contribution in [3.8, 4) is 0 Å². The minimum Gasteiger partial charge on any atom is -0.354 e. The lowest BCUT2D eigenvalue weighted by Gasteiger charge is -2.41. The molecule has 0 N–H and O–H groups in total. The van der Waals surface area contributed by atoms with Gasteiger partial charge in [-0.1, -0.05) is 68.1 Å². The van der Waals surface area contributed by atoms with Crippen molar-refractivity contribution in [2.45, 2.75) is 30.0 Å². The van der Waals surface area contributed by atoms with Crippen molar-refractivity contribution >= 4 is 23.2 Å². The summed E-state index contributed by atoms with van der Waals surface area (Å²) in [6.45, 7) is 4.01. The molecule has 0 saturated heterocycles. The van der Waals surface area contributed by atoms with Gasteiger partial charge in [-0.15, -0.1) is 0 Å². The number of Topliss-reactive ketones (excluding diaryl/α,β-unsaturated/α-hetero) is 1. The zero-order valence-electron chi connectivity index (χ0n) is 13.2. The van der Waals surface area contributed by atoms with Crippen LogP contribution in [0.25, 0.3) is 0 Å². The minimum absolute atomic E-state index is 0.0812. The van der Waals surface area contributed by atoms with Crippen LogP contribution in [0.3, 0.4) is 0 Å². The summed E-state index contributed by atoms with van der Waals surface area (Å²) in [5.41, 5.74) is 2.39. The van der Waals surface area contributed by atoms with Gasteiger partial charge in [-0.05, 0) is 17.7 Å². The summed E-state index contributed by atoms with van der Waals surface area (Å²) in [6, 6.07) is 18.8. The Morgan fingerprint density at radius 1 is 1.14 bits per heavy atom. The number of carbonyl (C=O) groups excluding carboxylic acids is 1. The van der Waals surface area contributed by atoms with E-state index in [-0.39, 0.29) is 10.8 Å². The van der Waals surface area contributed by atoms with Gasteiger partial charge in [0.1, 0.15) is 10.7 Å². The normalized spacial score (nSPS) is 21.5. The van der Waals surface area contributed by atoms with Gasteiger partial charge in [-0.25, -0.2) is 0 Å². The van der Waals surface area contributed by atoms with E-state index in [9.17, 15) is 4.79 Å². The van der Waals surface area contributed by atoms with Crippen LogP contribution in [0.2, 0.25) is 0 Å². The first-order valence-corrected chi connectivity index (χ1v) is 8.53. The number of benzene rings is 2. The van der Waals surface area contributed by atoms with Crippen molar-refractivity contribution in [1.82, 2.24) is 0 Å². The molecule has 0 saturated carbocycles. The molecular formula is C19H21NOS. The van der Waals surface area contributed by atoms with Crippen molar-refractivity contribution < 1.29 is 4.79 Å². The van der Waals surface area contributed by atoms with Crippen LogP contribution in [-0.4, -0.2) is 12.8 Å². The van der Waals surface area contributed by atoms with Crippen molar-refractivity contribution in [3.63, 3.8) is 0 Å². The number of nitrogens with zero attached hydrogens (tertiary/aromatic N) is 1. The van der Waals surface area contributed by atoms with E-state index in [0.717, 1.165) is 0 Å². The summed E-state index contributed by atoms with van der Waals surface area (Å²) in [5.74, 6) is 0.221. The highest BCUT2D eigenvalue weighted by Crippen LogP contribution is 2.58. The average molecular weight is 311 g/mol. The Labute approximate surface area is 136 Å². The molecule has 2 aromatic rings. The fourth-order valence-corrected chi connectivity index (χ4v) is 4.91. The topological polar surface area (TPSA) is 20.3 Å². The van der Waals surface area contributed by atoms with E-state index in [0.29, 0.717) is 12.2 Å². The summed E-state index contributed by atoms with van der Waals surface area (Å²) < 4.78 is 0. The van der Waals surface area contributed by atoms with Crippen LogP contribution in [0.1, 0.15) is 25.8 Å². The number of fused-ring (bicyclic) bond motifs is 1. The second kappa shape index (κ2) is 5.81. The third kappa shape index (κ3) is 2.15. The van der Waals surface area contributed by atoms with Crippen LogP contribution < -0.4 is 4.90 Å². The summed E-state index contributed by atoms with van der Waals surface area (Å²) in [6.07, 6.45) is 0.570. The van der Waals surface area contributed by atoms with Gasteiger partial charge in [0.15, 0.2) is 0 Å². The van der Waals surface area contributed by atoms with Gasteiger partial charge in [0.05, 0.1) is 11.6 Å². The maximum absolute atomic E-state index is 12.5. The number of carbonyl (C=O) groups is 1. The molecule has 0 aliphatic carbocycles. The largest absolute Gasteiger partial charge is 0.354 e. The Hall–Kier alpha value is -1.74. The molecule has 0 bridgehead atoms. The Kier molecular flexibility index (Phi) is 4.00. The van der Waals surface area contributed by atoms with E-state index in [1.54, 1.807) is 11.8 Å². The number of anilines is 1. The zero-order valence-corrected chi connectivity index (χ0v) is 14.1.